The lowest BCUT2D eigenvalue weighted by molar-refractivity contribution is -0.113. The average molecular weight is 424 g/mol. The summed E-state index contributed by atoms with van der Waals surface area (Å²) in [6.45, 7) is 1.85. The lowest BCUT2D eigenvalue weighted by Crippen LogP contribution is -2.15. The summed E-state index contributed by atoms with van der Waals surface area (Å²) < 4.78 is 10.8. The van der Waals surface area contributed by atoms with Crippen molar-refractivity contribution in [3.05, 3.63) is 52.0 Å². The monoisotopic (exact) mass is 423 g/mol. The van der Waals surface area contributed by atoms with Crippen molar-refractivity contribution < 1.29 is 13.9 Å². The van der Waals surface area contributed by atoms with Gasteiger partial charge in [0, 0.05) is 21.7 Å². The third-order valence-electron chi connectivity index (χ3n) is 3.58. The fourth-order valence-electron chi connectivity index (χ4n) is 2.22. The summed E-state index contributed by atoms with van der Waals surface area (Å²) in [6, 6.07) is 10.5. The Hall–Kier alpha value is -2.22. The second-order valence-corrected chi connectivity index (χ2v) is 7.29. The van der Waals surface area contributed by atoms with Gasteiger partial charge >= 0.3 is 0 Å². The van der Waals surface area contributed by atoms with Crippen LogP contribution in [0.5, 0.6) is 5.75 Å². The van der Waals surface area contributed by atoms with Crippen LogP contribution < -0.4 is 10.1 Å². The second-order valence-electron chi connectivity index (χ2n) is 5.52. The van der Waals surface area contributed by atoms with Crippen molar-refractivity contribution in [1.29, 1.82) is 0 Å². The van der Waals surface area contributed by atoms with E-state index in [2.05, 4.69) is 15.5 Å². The minimum atomic E-state index is -0.230. The van der Waals surface area contributed by atoms with E-state index in [9.17, 15) is 4.79 Å². The molecule has 0 atom stereocenters. The van der Waals surface area contributed by atoms with Gasteiger partial charge in [0.1, 0.15) is 5.75 Å². The van der Waals surface area contributed by atoms with Gasteiger partial charge in [0.25, 0.3) is 5.22 Å². The molecule has 1 heterocycles. The molecule has 0 fully saturated rings. The molecule has 0 radical (unpaired) electrons. The van der Waals surface area contributed by atoms with Gasteiger partial charge in [0.2, 0.25) is 11.8 Å². The Morgan fingerprint density at radius 1 is 1.22 bits per heavy atom. The Kier molecular flexibility index (Phi) is 6.26. The number of amides is 1. The van der Waals surface area contributed by atoms with E-state index in [0.717, 1.165) is 22.9 Å². The fourth-order valence-corrected chi connectivity index (χ4v) is 3.06. The molecule has 0 saturated heterocycles. The van der Waals surface area contributed by atoms with Crippen molar-refractivity contribution in [1.82, 2.24) is 10.2 Å². The summed E-state index contributed by atoms with van der Waals surface area (Å²) in [6.07, 6.45) is 0. The summed E-state index contributed by atoms with van der Waals surface area (Å²) in [5.74, 6) is 0.732. The summed E-state index contributed by atoms with van der Waals surface area (Å²) in [5, 5.41) is 12.2. The summed E-state index contributed by atoms with van der Waals surface area (Å²) in [5.41, 5.74) is 2.15. The highest BCUT2D eigenvalue weighted by atomic mass is 35.5. The van der Waals surface area contributed by atoms with Crippen LogP contribution >= 0.6 is 35.0 Å². The van der Waals surface area contributed by atoms with E-state index in [4.69, 9.17) is 32.4 Å². The minimum Gasteiger partial charge on any atom is -0.495 e. The van der Waals surface area contributed by atoms with Crippen LogP contribution in [0.2, 0.25) is 10.0 Å². The van der Waals surface area contributed by atoms with Gasteiger partial charge < -0.3 is 14.5 Å². The molecule has 3 aromatic rings. The molecule has 27 heavy (non-hydrogen) atoms. The van der Waals surface area contributed by atoms with Crippen LogP contribution in [0.4, 0.5) is 5.69 Å². The summed E-state index contributed by atoms with van der Waals surface area (Å²) >= 11 is 13.1. The van der Waals surface area contributed by atoms with Crippen molar-refractivity contribution in [2.75, 3.05) is 18.2 Å². The Labute approximate surface area is 170 Å². The summed E-state index contributed by atoms with van der Waals surface area (Å²) in [4.78, 5) is 12.2. The third kappa shape index (κ3) is 4.94. The number of hydrogen-bond acceptors (Lipinski definition) is 6. The number of aromatic nitrogens is 2. The van der Waals surface area contributed by atoms with E-state index in [-0.39, 0.29) is 11.7 Å². The molecule has 0 aliphatic heterocycles. The van der Waals surface area contributed by atoms with Crippen LogP contribution in [-0.4, -0.2) is 29.0 Å². The van der Waals surface area contributed by atoms with Gasteiger partial charge in [-0.1, -0.05) is 35.0 Å². The normalized spacial score (nSPS) is 10.7. The molecule has 140 valence electrons. The van der Waals surface area contributed by atoms with Crippen LogP contribution in [0.25, 0.3) is 11.5 Å². The molecule has 0 spiro atoms. The van der Waals surface area contributed by atoms with Crippen molar-refractivity contribution in [2.45, 2.75) is 12.1 Å². The largest absolute Gasteiger partial charge is 0.495 e. The van der Waals surface area contributed by atoms with Gasteiger partial charge in [-0.25, -0.2) is 0 Å². The number of anilines is 1. The number of carbonyl (C=O) groups is 1. The number of thioether (sulfide) groups is 1. The van der Waals surface area contributed by atoms with Gasteiger partial charge in [-0.05, 0) is 42.8 Å². The number of benzene rings is 2. The van der Waals surface area contributed by atoms with Crippen molar-refractivity contribution in [3.8, 4) is 17.2 Å². The molecule has 9 heteroatoms. The predicted molar refractivity (Wildman–Crippen MR) is 107 cm³/mol. The van der Waals surface area contributed by atoms with E-state index in [1.165, 1.54) is 7.11 Å². The van der Waals surface area contributed by atoms with Crippen LogP contribution in [0, 0.1) is 6.92 Å². The maximum atomic E-state index is 12.2. The van der Waals surface area contributed by atoms with Gasteiger partial charge in [0.15, 0.2) is 0 Å². The Bertz CT molecular complexity index is 961. The molecular formula is C18H15Cl2N3O3S. The number of aryl methyl sites for hydroxylation is 1. The Morgan fingerprint density at radius 3 is 2.67 bits per heavy atom. The predicted octanol–water partition coefficient (Wildman–Crippen LogP) is 5.09. The number of rotatable bonds is 6. The lowest BCUT2D eigenvalue weighted by Gasteiger charge is -2.11. The number of halogens is 2. The third-order valence-corrected chi connectivity index (χ3v) is 5.06. The standard InChI is InChI=1S/C18H15Cl2N3O3S/c1-10-7-14(15(25-2)8-13(10)20)21-16(24)9-27-18-23-22-17(26-18)11-3-5-12(19)6-4-11/h3-8H,9H2,1-2H3,(H,21,24). The van der Waals surface area contributed by atoms with Gasteiger partial charge in [-0.2, -0.15) is 0 Å². The number of nitrogens with zero attached hydrogens (tertiary/aromatic N) is 2. The second kappa shape index (κ2) is 8.65. The zero-order valence-electron chi connectivity index (χ0n) is 14.5. The molecule has 1 N–H and O–H groups in total. The van der Waals surface area contributed by atoms with Crippen molar-refractivity contribution >= 4 is 46.6 Å². The molecule has 0 aliphatic rings. The van der Waals surface area contributed by atoms with Gasteiger partial charge in [0.05, 0.1) is 18.6 Å². The number of ether oxygens (including phenoxy) is 1. The van der Waals surface area contributed by atoms with E-state index >= 15 is 0 Å². The van der Waals surface area contributed by atoms with Crippen molar-refractivity contribution in [2.24, 2.45) is 0 Å². The van der Waals surface area contributed by atoms with Crippen molar-refractivity contribution in [3.63, 3.8) is 0 Å². The fraction of sp³-hybridized carbons (Fsp3) is 0.167. The molecule has 0 unspecified atom stereocenters. The minimum absolute atomic E-state index is 0.104. The highest BCUT2D eigenvalue weighted by Crippen LogP contribution is 2.31. The molecule has 0 bridgehead atoms. The van der Waals surface area contributed by atoms with Crippen LogP contribution in [0.1, 0.15) is 5.56 Å². The maximum Gasteiger partial charge on any atom is 0.277 e. The van der Waals surface area contributed by atoms with E-state index in [1.54, 1.807) is 36.4 Å². The highest BCUT2D eigenvalue weighted by Gasteiger charge is 2.14. The van der Waals surface area contributed by atoms with Crippen LogP contribution in [-0.2, 0) is 4.79 Å². The number of carbonyl (C=O) groups excluding carboxylic acids is 1. The molecule has 2 aromatic carbocycles. The first-order valence-corrected chi connectivity index (χ1v) is 9.56. The molecule has 0 saturated carbocycles. The molecular weight excluding hydrogens is 409 g/mol. The SMILES string of the molecule is COc1cc(Cl)c(C)cc1NC(=O)CSc1nnc(-c2ccc(Cl)cc2)o1. The molecule has 1 aromatic heterocycles. The van der Waals surface area contributed by atoms with E-state index in [0.29, 0.717) is 32.6 Å². The molecule has 3 rings (SSSR count). The number of hydrogen-bond donors (Lipinski definition) is 1. The van der Waals surface area contributed by atoms with Gasteiger partial charge in [-0.3, -0.25) is 4.79 Å². The first-order valence-electron chi connectivity index (χ1n) is 7.82. The molecule has 1 amide bonds. The first-order chi connectivity index (χ1) is 13.0. The average Bonchev–Trinajstić information content (AvgIpc) is 3.12. The summed E-state index contributed by atoms with van der Waals surface area (Å²) in [7, 11) is 1.52. The highest BCUT2D eigenvalue weighted by molar-refractivity contribution is 7.99. The number of methoxy groups -OCH3 is 1. The quantitative estimate of drug-likeness (QED) is 0.556. The maximum absolute atomic E-state index is 12.2. The lowest BCUT2D eigenvalue weighted by atomic mass is 10.2. The van der Waals surface area contributed by atoms with E-state index < -0.39 is 0 Å². The smallest absolute Gasteiger partial charge is 0.277 e. The Balaban J connectivity index is 1.62. The topological polar surface area (TPSA) is 77.2 Å². The zero-order valence-corrected chi connectivity index (χ0v) is 16.8. The van der Waals surface area contributed by atoms with Gasteiger partial charge in [-0.15, -0.1) is 10.2 Å². The molecule has 6 nitrogen and oxygen atoms in total. The Morgan fingerprint density at radius 2 is 1.96 bits per heavy atom. The zero-order chi connectivity index (χ0) is 19.4. The number of nitrogens with one attached hydrogen (secondary N) is 1. The molecule has 0 aliphatic carbocycles. The first kappa shape index (κ1) is 19.5. The van der Waals surface area contributed by atoms with E-state index in [1.807, 2.05) is 6.92 Å². The van der Waals surface area contributed by atoms with Crippen LogP contribution in [0.15, 0.2) is 46.0 Å². The van der Waals surface area contributed by atoms with Crippen LogP contribution in [0.3, 0.4) is 0 Å².